The van der Waals surface area contributed by atoms with E-state index in [1.807, 2.05) is 6.92 Å². The van der Waals surface area contributed by atoms with Crippen molar-refractivity contribution in [1.82, 2.24) is 4.90 Å². The van der Waals surface area contributed by atoms with Crippen LogP contribution < -0.4 is 4.74 Å². The number of ether oxygens (including phenoxy) is 2. The molecule has 21 heavy (non-hydrogen) atoms. The number of carboxylic acids is 1. The van der Waals surface area contributed by atoms with Crippen molar-refractivity contribution in [1.29, 1.82) is 0 Å². The maximum absolute atomic E-state index is 12.0. The highest BCUT2D eigenvalue weighted by atomic mass is 35.5. The molecular formula is C14H16ClNO5. The van der Waals surface area contributed by atoms with E-state index in [4.69, 9.17) is 26.2 Å². The average molecular weight is 314 g/mol. The summed E-state index contributed by atoms with van der Waals surface area (Å²) < 4.78 is 10.7. The predicted octanol–water partition coefficient (Wildman–Crippen LogP) is 1.66. The molecule has 0 bridgehead atoms. The number of nitrogens with zero attached hydrogens (tertiary/aromatic N) is 1. The van der Waals surface area contributed by atoms with Gasteiger partial charge in [0.25, 0.3) is 5.91 Å². The fraction of sp³-hybridized carbons (Fsp3) is 0.429. The Morgan fingerprint density at radius 3 is 2.95 bits per heavy atom. The summed E-state index contributed by atoms with van der Waals surface area (Å²) in [4.78, 5) is 24.6. The smallest absolute Gasteiger partial charge is 0.337 e. The fourth-order valence-corrected chi connectivity index (χ4v) is 2.24. The summed E-state index contributed by atoms with van der Waals surface area (Å²) in [6.45, 7) is 3.33. The number of hydrogen-bond donors (Lipinski definition) is 1. The monoisotopic (exact) mass is 313 g/mol. The molecule has 1 aliphatic heterocycles. The summed E-state index contributed by atoms with van der Waals surface area (Å²) in [7, 11) is 0. The lowest BCUT2D eigenvalue weighted by atomic mass is 10.2. The molecule has 1 saturated heterocycles. The lowest BCUT2D eigenvalue weighted by Gasteiger charge is -2.31. The van der Waals surface area contributed by atoms with E-state index in [1.165, 1.54) is 18.2 Å². The summed E-state index contributed by atoms with van der Waals surface area (Å²) in [5.74, 6) is -0.998. The number of morpholine rings is 1. The van der Waals surface area contributed by atoms with Gasteiger partial charge in [-0.15, -0.1) is 0 Å². The van der Waals surface area contributed by atoms with Crippen LogP contribution in [0.3, 0.4) is 0 Å². The topological polar surface area (TPSA) is 76.1 Å². The average Bonchev–Trinajstić information content (AvgIpc) is 2.45. The number of rotatable bonds is 4. The first-order valence-corrected chi connectivity index (χ1v) is 6.90. The zero-order valence-corrected chi connectivity index (χ0v) is 12.3. The summed E-state index contributed by atoms with van der Waals surface area (Å²) in [6.07, 6.45) is 0.0110. The molecule has 1 unspecified atom stereocenters. The Morgan fingerprint density at radius 1 is 1.52 bits per heavy atom. The molecule has 0 saturated carbocycles. The van der Waals surface area contributed by atoms with Gasteiger partial charge in [0.1, 0.15) is 5.75 Å². The van der Waals surface area contributed by atoms with E-state index < -0.39 is 5.97 Å². The summed E-state index contributed by atoms with van der Waals surface area (Å²) in [6, 6.07) is 4.27. The first kappa shape index (κ1) is 15.6. The third-order valence-electron chi connectivity index (χ3n) is 3.12. The van der Waals surface area contributed by atoms with E-state index in [0.29, 0.717) is 25.4 Å². The Morgan fingerprint density at radius 2 is 2.29 bits per heavy atom. The molecule has 1 aromatic carbocycles. The number of carbonyl (C=O) groups is 2. The van der Waals surface area contributed by atoms with Crippen molar-refractivity contribution in [2.75, 3.05) is 26.3 Å². The molecule has 6 nitrogen and oxygen atoms in total. The number of amides is 1. The molecule has 0 spiro atoms. The van der Waals surface area contributed by atoms with Gasteiger partial charge >= 0.3 is 5.97 Å². The van der Waals surface area contributed by atoms with Crippen LogP contribution in [0.1, 0.15) is 17.3 Å². The number of aromatic carboxylic acids is 1. The molecular weight excluding hydrogens is 298 g/mol. The van der Waals surface area contributed by atoms with Gasteiger partial charge in [0, 0.05) is 13.1 Å². The first-order chi connectivity index (χ1) is 9.97. The zero-order chi connectivity index (χ0) is 15.4. The highest BCUT2D eigenvalue weighted by Crippen LogP contribution is 2.22. The number of halogens is 1. The molecule has 1 N–H and O–H groups in total. The van der Waals surface area contributed by atoms with Crippen LogP contribution in [0.4, 0.5) is 0 Å². The Balaban J connectivity index is 1.95. The molecule has 1 heterocycles. The van der Waals surface area contributed by atoms with Crippen molar-refractivity contribution in [3.8, 4) is 5.75 Å². The second-order valence-corrected chi connectivity index (χ2v) is 5.16. The summed E-state index contributed by atoms with van der Waals surface area (Å²) in [5, 5.41) is 9.10. The predicted molar refractivity (Wildman–Crippen MR) is 75.9 cm³/mol. The van der Waals surface area contributed by atoms with E-state index in [9.17, 15) is 9.59 Å². The summed E-state index contributed by atoms with van der Waals surface area (Å²) >= 11 is 5.77. The Kier molecular flexibility index (Phi) is 5.03. The van der Waals surface area contributed by atoms with Crippen LogP contribution in [0.2, 0.25) is 5.02 Å². The minimum absolute atomic E-state index is 0.0110. The van der Waals surface area contributed by atoms with Gasteiger partial charge in [-0.25, -0.2) is 4.79 Å². The quantitative estimate of drug-likeness (QED) is 0.915. The molecule has 7 heteroatoms. The second-order valence-electron chi connectivity index (χ2n) is 4.76. The van der Waals surface area contributed by atoms with E-state index in [-0.39, 0.29) is 29.2 Å². The first-order valence-electron chi connectivity index (χ1n) is 6.52. The van der Waals surface area contributed by atoms with Crippen LogP contribution in [0, 0.1) is 0 Å². The largest absolute Gasteiger partial charge is 0.484 e. The number of benzene rings is 1. The van der Waals surface area contributed by atoms with Crippen molar-refractivity contribution in [3.05, 3.63) is 28.8 Å². The van der Waals surface area contributed by atoms with Crippen molar-refractivity contribution in [2.24, 2.45) is 0 Å². The molecule has 114 valence electrons. The minimum atomic E-state index is -1.14. The van der Waals surface area contributed by atoms with E-state index >= 15 is 0 Å². The van der Waals surface area contributed by atoms with Gasteiger partial charge in [-0.1, -0.05) is 11.6 Å². The van der Waals surface area contributed by atoms with E-state index in [0.717, 1.165) is 0 Å². The second kappa shape index (κ2) is 6.78. The molecule has 1 aromatic rings. The maximum Gasteiger partial charge on any atom is 0.337 e. The van der Waals surface area contributed by atoms with Gasteiger partial charge < -0.3 is 19.5 Å². The van der Waals surface area contributed by atoms with E-state index in [1.54, 1.807) is 4.90 Å². The molecule has 2 rings (SSSR count). The summed E-state index contributed by atoms with van der Waals surface area (Å²) in [5.41, 5.74) is -0.0541. The third kappa shape index (κ3) is 4.09. The Labute approximate surface area is 127 Å². The van der Waals surface area contributed by atoms with Crippen LogP contribution in [-0.2, 0) is 9.53 Å². The van der Waals surface area contributed by atoms with Crippen LogP contribution in [0.15, 0.2) is 18.2 Å². The lowest BCUT2D eigenvalue weighted by molar-refractivity contribution is -0.140. The Bertz CT molecular complexity index is 548. The van der Waals surface area contributed by atoms with Crippen molar-refractivity contribution >= 4 is 23.5 Å². The van der Waals surface area contributed by atoms with Gasteiger partial charge in [0.2, 0.25) is 0 Å². The van der Waals surface area contributed by atoms with Crippen LogP contribution >= 0.6 is 11.6 Å². The lowest BCUT2D eigenvalue weighted by Crippen LogP contribution is -2.46. The van der Waals surface area contributed by atoms with Gasteiger partial charge in [0.15, 0.2) is 6.61 Å². The number of carbonyl (C=O) groups excluding carboxylic acids is 1. The molecule has 1 fully saturated rings. The number of hydrogen-bond acceptors (Lipinski definition) is 4. The van der Waals surface area contributed by atoms with Crippen molar-refractivity contribution < 1.29 is 24.2 Å². The molecule has 0 radical (unpaired) electrons. The fourth-order valence-electron chi connectivity index (χ4n) is 2.04. The Hall–Kier alpha value is -1.79. The highest BCUT2D eigenvalue weighted by molar-refractivity contribution is 6.33. The highest BCUT2D eigenvalue weighted by Gasteiger charge is 2.21. The molecule has 1 amide bonds. The SMILES string of the molecule is CC1CN(C(=O)COc2ccc(Cl)c(C(=O)O)c2)CCO1. The van der Waals surface area contributed by atoms with Gasteiger partial charge in [-0.2, -0.15) is 0 Å². The van der Waals surface area contributed by atoms with Crippen LogP contribution in [0.25, 0.3) is 0 Å². The van der Waals surface area contributed by atoms with Crippen molar-refractivity contribution in [2.45, 2.75) is 13.0 Å². The zero-order valence-electron chi connectivity index (χ0n) is 11.5. The van der Waals surface area contributed by atoms with Gasteiger partial charge in [-0.05, 0) is 25.1 Å². The van der Waals surface area contributed by atoms with E-state index in [2.05, 4.69) is 0 Å². The standard InChI is InChI=1S/C14H16ClNO5/c1-9-7-16(4-5-20-9)13(17)8-21-10-2-3-12(15)11(6-10)14(18)19/h2-3,6,9H,4-5,7-8H2,1H3,(H,18,19). The molecule has 0 aliphatic carbocycles. The van der Waals surface area contributed by atoms with Gasteiger partial charge in [-0.3, -0.25) is 4.79 Å². The maximum atomic E-state index is 12.0. The number of carboxylic acid groups (broad SMARTS) is 1. The minimum Gasteiger partial charge on any atom is -0.484 e. The normalized spacial score (nSPS) is 18.4. The van der Waals surface area contributed by atoms with Crippen LogP contribution in [0.5, 0.6) is 5.75 Å². The third-order valence-corrected chi connectivity index (χ3v) is 3.45. The molecule has 1 aliphatic rings. The van der Waals surface area contributed by atoms with Gasteiger partial charge in [0.05, 0.1) is 23.3 Å². The van der Waals surface area contributed by atoms with Crippen molar-refractivity contribution in [3.63, 3.8) is 0 Å². The molecule has 1 atom stereocenters. The van der Waals surface area contributed by atoms with Crippen LogP contribution in [-0.4, -0.2) is 54.3 Å². The molecule has 0 aromatic heterocycles.